The van der Waals surface area contributed by atoms with Crippen molar-refractivity contribution in [2.75, 3.05) is 5.32 Å². The number of aromatic nitrogens is 1. The lowest BCUT2D eigenvalue weighted by atomic mass is 10.0. The Morgan fingerprint density at radius 1 is 1.39 bits per heavy atom. The van der Waals surface area contributed by atoms with Crippen LogP contribution in [0.25, 0.3) is 0 Å². The summed E-state index contributed by atoms with van der Waals surface area (Å²) in [6.07, 6.45) is 7.31. The van der Waals surface area contributed by atoms with Crippen molar-refractivity contribution >= 4 is 11.7 Å². The van der Waals surface area contributed by atoms with E-state index in [2.05, 4.69) is 24.1 Å². The van der Waals surface area contributed by atoms with Crippen molar-refractivity contribution in [3.05, 3.63) is 23.9 Å². The van der Waals surface area contributed by atoms with Crippen LogP contribution in [0.1, 0.15) is 56.3 Å². The number of anilines is 1. The van der Waals surface area contributed by atoms with Gasteiger partial charge in [0.05, 0.1) is 5.56 Å². The van der Waals surface area contributed by atoms with Crippen molar-refractivity contribution in [1.29, 1.82) is 0 Å². The number of nitrogens with zero attached hydrogens (tertiary/aromatic N) is 1. The molecule has 18 heavy (non-hydrogen) atoms. The highest BCUT2D eigenvalue weighted by Gasteiger charge is 2.13. The molecular weight excluding hydrogens is 226 g/mol. The summed E-state index contributed by atoms with van der Waals surface area (Å²) in [7, 11) is 0. The molecule has 3 N–H and O–H groups in total. The molecule has 0 aliphatic heterocycles. The molecule has 0 saturated carbocycles. The minimum Gasteiger partial charge on any atom is -0.367 e. The Bertz CT molecular complexity index is 379. The Hall–Kier alpha value is -1.58. The molecule has 0 saturated heterocycles. The molecule has 1 heterocycles. The Morgan fingerprint density at radius 3 is 2.78 bits per heavy atom. The second kappa shape index (κ2) is 7.69. The van der Waals surface area contributed by atoms with Gasteiger partial charge in [-0.1, -0.05) is 33.1 Å². The fourth-order valence-electron chi connectivity index (χ4n) is 2.00. The lowest BCUT2D eigenvalue weighted by Gasteiger charge is -2.19. The third kappa shape index (κ3) is 4.35. The Morgan fingerprint density at radius 2 is 2.17 bits per heavy atom. The summed E-state index contributed by atoms with van der Waals surface area (Å²) in [6, 6.07) is 3.80. The average molecular weight is 249 g/mol. The van der Waals surface area contributed by atoms with Crippen LogP contribution in [0.4, 0.5) is 5.82 Å². The Labute approximate surface area is 109 Å². The predicted molar refractivity (Wildman–Crippen MR) is 74.6 cm³/mol. The highest BCUT2D eigenvalue weighted by molar-refractivity contribution is 5.97. The van der Waals surface area contributed by atoms with Crippen LogP contribution in [0.3, 0.4) is 0 Å². The fourth-order valence-corrected chi connectivity index (χ4v) is 2.00. The smallest absolute Gasteiger partial charge is 0.252 e. The van der Waals surface area contributed by atoms with Crippen LogP contribution in [0.15, 0.2) is 18.3 Å². The number of carbonyl (C=O) groups is 1. The molecule has 4 heteroatoms. The van der Waals surface area contributed by atoms with Gasteiger partial charge in [0.25, 0.3) is 5.91 Å². The summed E-state index contributed by atoms with van der Waals surface area (Å²) in [5.41, 5.74) is 5.81. The van der Waals surface area contributed by atoms with Gasteiger partial charge < -0.3 is 11.1 Å². The molecule has 0 aliphatic carbocycles. The maximum atomic E-state index is 11.3. The molecule has 0 bridgehead atoms. The van der Waals surface area contributed by atoms with Crippen LogP contribution in [0, 0.1) is 0 Å². The number of nitrogens with one attached hydrogen (secondary N) is 1. The SMILES string of the molecule is CCCCC(CCC)Nc1ncccc1C(N)=O. The van der Waals surface area contributed by atoms with Gasteiger partial charge in [0.2, 0.25) is 0 Å². The molecule has 1 atom stereocenters. The molecule has 4 nitrogen and oxygen atoms in total. The number of primary amides is 1. The van der Waals surface area contributed by atoms with E-state index in [1.807, 2.05) is 0 Å². The summed E-state index contributed by atoms with van der Waals surface area (Å²) in [6.45, 7) is 4.34. The van der Waals surface area contributed by atoms with Crippen LogP contribution >= 0.6 is 0 Å². The lowest BCUT2D eigenvalue weighted by Crippen LogP contribution is -2.23. The van der Waals surface area contributed by atoms with E-state index in [1.54, 1.807) is 18.3 Å². The van der Waals surface area contributed by atoms with Crippen LogP contribution in [-0.2, 0) is 0 Å². The van der Waals surface area contributed by atoms with Crippen LogP contribution in [0.2, 0.25) is 0 Å². The molecule has 0 aromatic carbocycles. The third-order valence-electron chi connectivity index (χ3n) is 2.96. The summed E-state index contributed by atoms with van der Waals surface area (Å²) in [4.78, 5) is 15.5. The predicted octanol–water partition coefficient (Wildman–Crippen LogP) is 2.95. The van der Waals surface area contributed by atoms with Crippen LogP contribution < -0.4 is 11.1 Å². The number of amides is 1. The summed E-state index contributed by atoms with van der Waals surface area (Å²) < 4.78 is 0. The van der Waals surface area contributed by atoms with Crippen LogP contribution in [0.5, 0.6) is 0 Å². The third-order valence-corrected chi connectivity index (χ3v) is 2.96. The van der Waals surface area contributed by atoms with E-state index in [4.69, 9.17) is 5.73 Å². The van der Waals surface area contributed by atoms with E-state index in [-0.39, 0.29) is 0 Å². The van der Waals surface area contributed by atoms with Gasteiger partial charge in [-0.05, 0) is 25.0 Å². The number of unbranched alkanes of at least 4 members (excludes halogenated alkanes) is 1. The van der Waals surface area contributed by atoms with Crippen molar-refractivity contribution in [3.8, 4) is 0 Å². The van der Waals surface area contributed by atoms with Gasteiger partial charge in [-0.3, -0.25) is 4.79 Å². The molecule has 1 aromatic rings. The first kappa shape index (κ1) is 14.5. The van der Waals surface area contributed by atoms with Crippen molar-refractivity contribution in [2.24, 2.45) is 5.73 Å². The molecular formula is C14H23N3O. The van der Waals surface area contributed by atoms with Gasteiger partial charge in [0, 0.05) is 12.2 Å². The van der Waals surface area contributed by atoms with Gasteiger partial charge in [0.15, 0.2) is 0 Å². The van der Waals surface area contributed by atoms with Gasteiger partial charge in [0.1, 0.15) is 5.82 Å². The number of hydrogen-bond donors (Lipinski definition) is 2. The standard InChI is InChI=1S/C14H23N3O/c1-3-5-8-11(7-4-2)17-14-12(13(15)18)9-6-10-16-14/h6,9-11H,3-5,7-8H2,1-2H3,(H2,15,18)(H,16,17). The minimum absolute atomic E-state index is 0.364. The maximum absolute atomic E-state index is 11.3. The fraction of sp³-hybridized carbons (Fsp3) is 0.571. The van der Waals surface area contributed by atoms with Crippen molar-refractivity contribution in [2.45, 2.75) is 52.0 Å². The first-order valence-corrected chi connectivity index (χ1v) is 6.70. The van der Waals surface area contributed by atoms with E-state index in [1.165, 1.54) is 12.8 Å². The summed E-state index contributed by atoms with van der Waals surface area (Å²) >= 11 is 0. The van der Waals surface area contributed by atoms with Crippen molar-refractivity contribution in [1.82, 2.24) is 4.98 Å². The second-order valence-electron chi connectivity index (χ2n) is 4.54. The normalized spacial score (nSPS) is 12.1. The topological polar surface area (TPSA) is 68.0 Å². The van der Waals surface area contributed by atoms with Gasteiger partial charge >= 0.3 is 0 Å². The van der Waals surface area contributed by atoms with E-state index in [0.717, 1.165) is 19.3 Å². The summed E-state index contributed by atoms with van der Waals surface area (Å²) in [5, 5.41) is 3.35. The Balaban J connectivity index is 2.76. The zero-order valence-corrected chi connectivity index (χ0v) is 11.3. The molecule has 0 radical (unpaired) electrons. The molecule has 0 fully saturated rings. The van der Waals surface area contributed by atoms with E-state index < -0.39 is 5.91 Å². The summed E-state index contributed by atoms with van der Waals surface area (Å²) in [5.74, 6) is 0.177. The number of nitrogens with two attached hydrogens (primary N) is 1. The van der Waals surface area contributed by atoms with E-state index in [0.29, 0.717) is 17.4 Å². The molecule has 0 spiro atoms. The lowest BCUT2D eigenvalue weighted by molar-refractivity contribution is 0.100. The zero-order valence-electron chi connectivity index (χ0n) is 11.3. The molecule has 100 valence electrons. The highest BCUT2D eigenvalue weighted by Crippen LogP contribution is 2.16. The van der Waals surface area contributed by atoms with Gasteiger partial charge in [-0.15, -0.1) is 0 Å². The quantitative estimate of drug-likeness (QED) is 0.744. The van der Waals surface area contributed by atoms with E-state index >= 15 is 0 Å². The van der Waals surface area contributed by atoms with Crippen molar-refractivity contribution < 1.29 is 4.79 Å². The zero-order chi connectivity index (χ0) is 13.4. The number of rotatable bonds is 8. The largest absolute Gasteiger partial charge is 0.367 e. The van der Waals surface area contributed by atoms with Gasteiger partial charge in [-0.2, -0.15) is 0 Å². The Kier molecular flexibility index (Phi) is 6.19. The molecule has 1 rings (SSSR count). The van der Waals surface area contributed by atoms with Crippen LogP contribution in [-0.4, -0.2) is 16.9 Å². The van der Waals surface area contributed by atoms with E-state index in [9.17, 15) is 4.79 Å². The average Bonchev–Trinajstić information content (AvgIpc) is 2.36. The second-order valence-corrected chi connectivity index (χ2v) is 4.54. The molecule has 1 unspecified atom stereocenters. The van der Waals surface area contributed by atoms with Crippen molar-refractivity contribution in [3.63, 3.8) is 0 Å². The minimum atomic E-state index is -0.434. The number of hydrogen-bond acceptors (Lipinski definition) is 3. The van der Waals surface area contributed by atoms with Gasteiger partial charge in [-0.25, -0.2) is 4.98 Å². The molecule has 0 aliphatic rings. The highest BCUT2D eigenvalue weighted by atomic mass is 16.1. The first-order valence-electron chi connectivity index (χ1n) is 6.70. The molecule has 1 aromatic heterocycles. The number of carbonyl (C=O) groups excluding carboxylic acids is 1. The number of pyridine rings is 1. The maximum Gasteiger partial charge on any atom is 0.252 e. The first-order chi connectivity index (χ1) is 8.69. The molecule has 1 amide bonds. The monoisotopic (exact) mass is 249 g/mol.